The number of hydrogen-bond donors (Lipinski definition) is 2. The van der Waals surface area contributed by atoms with Gasteiger partial charge in [-0.25, -0.2) is 4.98 Å². The molecular formula is C21H31N3O2. The van der Waals surface area contributed by atoms with Crippen LogP contribution in [0.15, 0.2) is 12.1 Å². The lowest BCUT2D eigenvalue weighted by molar-refractivity contribution is -0.117. The Hall–Kier alpha value is -2.35. The molecule has 0 atom stereocenters. The Morgan fingerprint density at radius 2 is 1.35 bits per heavy atom. The third-order valence-corrected chi connectivity index (χ3v) is 4.04. The van der Waals surface area contributed by atoms with Crippen LogP contribution in [-0.2, 0) is 9.59 Å². The molecule has 26 heavy (non-hydrogen) atoms. The van der Waals surface area contributed by atoms with Crippen molar-refractivity contribution in [2.24, 2.45) is 0 Å². The van der Waals surface area contributed by atoms with Crippen LogP contribution in [-0.4, -0.2) is 16.8 Å². The molecule has 0 aliphatic rings. The van der Waals surface area contributed by atoms with E-state index >= 15 is 0 Å². The molecule has 0 saturated carbocycles. The van der Waals surface area contributed by atoms with Gasteiger partial charge in [0, 0.05) is 18.4 Å². The molecule has 2 N–H and O–H groups in total. The number of terminal acetylenes is 1. The summed E-state index contributed by atoms with van der Waals surface area (Å²) in [5, 5.41) is 5.54. The summed E-state index contributed by atoms with van der Waals surface area (Å²) in [6.45, 7) is 4.27. The molecule has 0 saturated heterocycles. The third kappa shape index (κ3) is 9.22. The molecule has 5 nitrogen and oxygen atoms in total. The minimum atomic E-state index is -0.0837. The summed E-state index contributed by atoms with van der Waals surface area (Å²) in [7, 11) is 0. The number of rotatable bonds is 12. The first kappa shape index (κ1) is 21.7. The van der Waals surface area contributed by atoms with E-state index < -0.39 is 0 Å². The van der Waals surface area contributed by atoms with Gasteiger partial charge in [-0.05, 0) is 25.0 Å². The summed E-state index contributed by atoms with van der Waals surface area (Å²) < 4.78 is 0. The Morgan fingerprint density at radius 1 is 0.885 bits per heavy atom. The molecule has 1 aromatic rings. The Balaban J connectivity index is 2.60. The van der Waals surface area contributed by atoms with E-state index in [1.807, 2.05) is 0 Å². The van der Waals surface area contributed by atoms with Crippen molar-refractivity contribution in [2.45, 2.75) is 78.1 Å². The zero-order chi connectivity index (χ0) is 19.2. The number of hydrogen-bond acceptors (Lipinski definition) is 3. The highest BCUT2D eigenvalue weighted by atomic mass is 16.2. The molecule has 1 heterocycles. The molecule has 1 rings (SSSR count). The van der Waals surface area contributed by atoms with E-state index in [0.29, 0.717) is 30.0 Å². The molecule has 0 aliphatic heterocycles. The van der Waals surface area contributed by atoms with E-state index in [1.165, 1.54) is 0 Å². The number of carbonyl (C=O) groups is 2. The highest BCUT2D eigenvalue weighted by Crippen LogP contribution is 2.15. The number of nitrogens with one attached hydrogen (secondary N) is 2. The van der Waals surface area contributed by atoms with Crippen LogP contribution in [0.5, 0.6) is 0 Å². The fourth-order valence-electron chi connectivity index (χ4n) is 2.58. The lowest BCUT2D eigenvalue weighted by Gasteiger charge is -2.09. The highest BCUT2D eigenvalue weighted by molar-refractivity contribution is 5.92. The minimum absolute atomic E-state index is 0.0837. The normalized spacial score (nSPS) is 10.2. The molecule has 2 amide bonds. The molecule has 0 spiro atoms. The van der Waals surface area contributed by atoms with Gasteiger partial charge in [0.05, 0.1) is 0 Å². The molecule has 0 aliphatic carbocycles. The lowest BCUT2D eigenvalue weighted by Crippen LogP contribution is -2.15. The second-order valence-electron chi connectivity index (χ2n) is 6.49. The number of amides is 2. The van der Waals surface area contributed by atoms with Gasteiger partial charge in [-0.15, -0.1) is 6.42 Å². The average molecular weight is 357 g/mol. The van der Waals surface area contributed by atoms with Gasteiger partial charge in [0.25, 0.3) is 0 Å². The Kier molecular flexibility index (Phi) is 10.8. The van der Waals surface area contributed by atoms with Crippen LogP contribution in [0.4, 0.5) is 11.6 Å². The summed E-state index contributed by atoms with van der Waals surface area (Å²) in [5.41, 5.74) is 0.572. The van der Waals surface area contributed by atoms with E-state index in [4.69, 9.17) is 6.42 Å². The number of unbranched alkanes of at least 4 members (excludes halogenated alkanes) is 6. The fourth-order valence-corrected chi connectivity index (χ4v) is 2.58. The smallest absolute Gasteiger partial charge is 0.225 e. The van der Waals surface area contributed by atoms with Crippen LogP contribution in [0.25, 0.3) is 0 Å². The van der Waals surface area contributed by atoms with Gasteiger partial charge in [-0.3, -0.25) is 9.59 Å². The largest absolute Gasteiger partial charge is 0.311 e. The maximum Gasteiger partial charge on any atom is 0.225 e. The minimum Gasteiger partial charge on any atom is -0.311 e. The van der Waals surface area contributed by atoms with E-state index in [-0.39, 0.29) is 11.8 Å². The van der Waals surface area contributed by atoms with Gasteiger partial charge in [0.2, 0.25) is 11.8 Å². The molecular weight excluding hydrogens is 326 g/mol. The highest BCUT2D eigenvalue weighted by Gasteiger charge is 2.09. The summed E-state index contributed by atoms with van der Waals surface area (Å²) in [4.78, 5) is 28.3. The molecule has 142 valence electrons. The lowest BCUT2D eigenvalue weighted by atomic mass is 10.1. The third-order valence-electron chi connectivity index (χ3n) is 4.04. The van der Waals surface area contributed by atoms with Gasteiger partial charge in [-0.1, -0.05) is 58.3 Å². The Morgan fingerprint density at radius 3 is 1.73 bits per heavy atom. The van der Waals surface area contributed by atoms with E-state index in [1.54, 1.807) is 12.1 Å². The van der Waals surface area contributed by atoms with Crippen molar-refractivity contribution in [3.8, 4) is 12.3 Å². The molecule has 5 heteroatoms. The standard InChI is InChI=1S/C21H31N3O2/c1-4-7-9-11-13-20(25)23-18-15-17(6-3)16-19(22-18)24-21(26)14-12-10-8-5-2/h3,15-16H,4-5,7-14H2,1-2H3,(H2,22,23,24,25,26). The van der Waals surface area contributed by atoms with E-state index in [0.717, 1.165) is 51.4 Å². The quantitative estimate of drug-likeness (QED) is 0.414. The Bertz CT molecular complexity index is 576. The summed E-state index contributed by atoms with van der Waals surface area (Å²) >= 11 is 0. The fraction of sp³-hybridized carbons (Fsp3) is 0.571. The molecule has 0 aromatic carbocycles. The van der Waals surface area contributed by atoms with Crippen molar-refractivity contribution in [3.05, 3.63) is 17.7 Å². The predicted molar refractivity (Wildman–Crippen MR) is 107 cm³/mol. The van der Waals surface area contributed by atoms with Crippen molar-refractivity contribution in [2.75, 3.05) is 10.6 Å². The number of nitrogens with zero attached hydrogens (tertiary/aromatic N) is 1. The second-order valence-corrected chi connectivity index (χ2v) is 6.49. The van der Waals surface area contributed by atoms with Crippen LogP contribution in [0, 0.1) is 12.3 Å². The average Bonchev–Trinajstić information content (AvgIpc) is 2.62. The van der Waals surface area contributed by atoms with Gasteiger partial charge >= 0.3 is 0 Å². The first-order chi connectivity index (χ1) is 12.6. The number of carbonyl (C=O) groups excluding carboxylic acids is 2. The SMILES string of the molecule is C#Cc1cc(NC(=O)CCCCCC)nc(NC(=O)CCCCCC)c1. The van der Waals surface area contributed by atoms with Crippen LogP contribution < -0.4 is 10.6 Å². The molecule has 1 aromatic heterocycles. The van der Waals surface area contributed by atoms with Crippen molar-refractivity contribution in [1.29, 1.82) is 0 Å². The maximum atomic E-state index is 12.0. The molecule has 0 fully saturated rings. The monoisotopic (exact) mass is 357 g/mol. The van der Waals surface area contributed by atoms with E-state index in [2.05, 4.69) is 35.4 Å². The van der Waals surface area contributed by atoms with Crippen molar-refractivity contribution in [3.63, 3.8) is 0 Å². The van der Waals surface area contributed by atoms with Crippen LogP contribution in [0.3, 0.4) is 0 Å². The van der Waals surface area contributed by atoms with Gasteiger partial charge in [0.1, 0.15) is 11.6 Å². The zero-order valence-electron chi connectivity index (χ0n) is 16.1. The van der Waals surface area contributed by atoms with Crippen molar-refractivity contribution < 1.29 is 9.59 Å². The van der Waals surface area contributed by atoms with Crippen molar-refractivity contribution in [1.82, 2.24) is 4.98 Å². The maximum absolute atomic E-state index is 12.0. The van der Waals surface area contributed by atoms with Crippen molar-refractivity contribution >= 4 is 23.5 Å². The topological polar surface area (TPSA) is 71.1 Å². The molecule has 0 unspecified atom stereocenters. The number of anilines is 2. The zero-order valence-corrected chi connectivity index (χ0v) is 16.1. The summed E-state index contributed by atoms with van der Waals surface area (Å²) in [6.07, 6.45) is 14.7. The first-order valence-corrected chi connectivity index (χ1v) is 9.67. The van der Waals surface area contributed by atoms with E-state index in [9.17, 15) is 9.59 Å². The first-order valence-electron chi connectivity index (χ1n) is 9.67. The van der Waals surface area contributed by atoms with Crippen LogP contribution >= 0.6 is 0 Å². The number of aromatic nitrogens is 1. The molecule has 0 bridgehead atoms. The summed E-state index contributed by atoms with van der Waals surface area (Å²) in [6, 6.07) is 3.28. The van der Waals surface area contributed by atoms with Gasteiger partial charge < -0.3 is 10.6 Å². The predicted octanol–water partition coefficient (Wildman–Crippen LogP) is 4.88. The van der Waals surface area contributed by atoms with Gasteiger partial charge in [-0.2, -0.15) is 0 Å². The Labute approximate surface area is 157 Å². The van der Waals surface area contributed by atoms with Crippen LogP contribution in [0.2, 0.25) is 0 Å². The van der Waals surface area contributed by atoms with Gasteiger partial charge in [0.15, 0.2) is 0 Å². The molecule has 0 radical (unpaired) electrons. The summed E-state index contributed by atoms with van der Waals surface area (Å²) in [5.74, 6) is 3.12. The van der Waals surface area contributed by atoms with Crippen LogP contribution in [0.1, 0.15) is 83.6 Å². The second kappa shape index (κ2) is 12.9. The number of pyridine rings is 1.